The Hall–Kier alpha value is -2.75. The molecular weight excluding hydrogens is 540 g/mol. The number of imidazole rings is 1. The Bertz CT molecular complexity index is 1420. The summed E-state index contributed by atoms with van der Waals surface area (Å²) in [6.07, 6.45) is -2.71. The summed E-state index contributed by atoms with van der Waals surface area (Å²) in [4.78, 5) is 29.9. The van der Waals surface area contributed by atoms with E-state index in [0.29, 0.717) is 59.5 Å². The molecule has 1 saturated heterocycles. The zero-order valence-electron chi connectivity index (χ0n) is 21.2. The maximum absolute atomic E-state index is 13.3. The molecule has 3 aromatic rings. The van der Waals surface area contributed by atoms with Crippen LogP contribution in [-0.4, -0.2) is 45.6 Å². The highest BCUT2D eigenvalue weighted by atomic mass is 35.5. The van der Waals surface area contributed by atoms with Gasteiger partial charge in [-0.25, -0.2) is 4.79 Å². The Morgan fingerprint density at radius 1 is 1.05 bits per heavy atom. The van der Waals surface area contributed by atoms with Crippen molar-refractivity contribution in [1.29, 1.82) is 0 Å². The zero-order chi connectivity index (χ0) is 27.8. The summed E-state index contributed by atoms with van der Waals surface area (Å²) >= 11 is 12.3. The third kappa shape index (κ3) is 5.65. The lowest BCUT2D eigenvalue weighted by Crippen LogP contribution is -2.48. The van der Waals surface area contributed by atoms with Crippen LogP contribution in [0.3, 0.4) is 0 Å². The van der Waals surface area contributed by atoms with Crippen LogP contribution in [0.25, 0.3) is 16.7 Å². The smallest absolute Gasteiger partial charge is 0.309 e. The highest BCUT2D eigenvalue weighted by Crippen LogP contribution is 2.33. The van der Waals surface area contributed by atoms with Crippen LogP contribution in [-0.2, 0) is 17.5 Å². The topological polar surface area (TPSA) is 50.5 Å². The molecule has 1 aromatic heterocycles. The van der Waals surface area contributed by atoms with Crippen LogP contribution in [0.5, 0.6) is 0 Å². The number of carbonyl (C=O) groups is 1. The van der Waals surface area contributed by atoms with Gasteiger partial charge in [0.15, 0.2) is 0 Å². The summed E-state index contributed by atoms with van der Waals surface area (Å²) < 4.78 is 42.6. The fourth-order valence-electron chi connectivity index (χ4n) is 5.03. The van der Waals surface area contributed by atoms with Gasteiger partial charge in [0.05, 0.1) is 26.6 Å². The summed E-state index contributed by atoms with van der Waals surface area (Å²) in [6, 6.07) is 8.51. The lowest BCUT2D eigenvalue weighted by atomic mass is 10.0. The summed E-state index contributed by atoms with van der Waals surface area (Å²) in [6.45, 7) is 9.45. The quantitative estimate of drug-likeness (QED) is 0.325. The Balaban J connectivity index is 1.49. The lowest BCUT2D eigenvalue weighted by molar-refractivity contribution is -0.137. The van der Waals surface area contributed by atoms with Crippen LogP contribution in [0.1, 0.15) is 38.7 Å². The lowest BCUT2D eigenvalue weighted by Gasteiger charge is -2.38. The van der Waals surface area contributed by atoms with Gasteiger partial charge < -0.3 is 9.80 Å². The minimum atomic E-state index is -4.51. The number of benzene rings is 2. The number of alkyl halides is 3. The largest absolute Gasteiger partial charge is 0.416 e. The molecule has 0 saturated carbocycles. The fourth-order valence-corrected chi connectivity index (χ4v) is 5.32. The van der Waals surface area contributed by atoms with Crippen LogP contribution in [0.4, 0.5) is 18.9 Å². The van der Waals surface area contributed by atoms with Crippen LogP contribution < -0.4 is 10.6 Å². The number of carbonyl (C=O) groups excluding carboxylic acids is 1. The van der Waals surface area contributed by atoms with Crippen molar-refractivity contribution in [2.75, 3.05) is 24.5 Å². The van der Waals surface area contributed by atoms with E-state index in [4.69, 9.17) is 23.2 Å². The second-order valence-corrected chi connectivity index (χ2v) is 10.3. The van der Waals surface area contributed by atoms with Gasteiger partial charge in [0.25, 0.3) is 0 Å². The molecule has 0 N–H and O–H groups in total. The number of aromatic nitrogens is 2. The van der Waals surface area contributed by atoms with Gasteiger partial charge in [0.2, 0.25) is 5.91 Å². The first-order valence-corrected chi connectivity index (χ1v) is 13.2. The Morgan fingerprint density at radius 2 is 1.74 bits per heavy atom. The van der Waals surface area contributed by atoms with Gasteiger partial charge in [-0.1, -0.05) is 36.7 Å². The van der Waals surface area contributed by atoms with Gasteiger partial charge in [-0.05, 0) is 56.2 Å². The van der Waals surface area contributed by atoms with E-state index >= 15 is 0 Å². The molecule has 0 aliphatic carbocycles. The maximum atomic E-state index is 13.3. The molecule has 11 heteroatoms. The van der Waals surface area contributed by atoms with E-state index in [-0.39, 0.29) is 17.5 Å². The average molecular weight is 569 g/mol. The van der Waals surface area contributed by atoms with E-state index in [1.807, 2.05) is 6.92 Å². The van der Waals surface area contributed by atoms with Gasteiger partial charge in [0, 0.05) is 50.0 Å². The molecule has 0 unspecified atom stereocenters. The zero-order valence-corrected chi connectivity index (χ0v) is 22.7. The molecular formula is C27H29Cl2F3N4O2. The van der Waals surface area contributed by atoms with Gasteiger partial charge >= 0.3 is 11.9 Å². The van der Waals surface area contributed by atoms with E-state index in [9.17, 15) is 22.8 Å². The first-order valence-electron chi connectivity index (χ1n) is 12.4. The summed E-state index contributed by atoms with van der Waals surface area (Å²) in [5.41, 5.74) is 0.448. The van der Waals surface area contributed by atoms with Crippen LogP contribution in [0.15, 0.2) is 47.8 Å². The molecule has 1 amide bonds. The molecule has 6 nitrogen and oxygen atoms in total. The summed E-state index contributed by atoms with van der Waals surface area (Å²) in [5, 5.41) is 0.809. The SMILES string of the molecule is C=C(C)n1c(=O)n(CCN2CCC(N(C(=O)CC)c3ccc(Cl)c(Cl)c3)CC2)c2ccc(C(F)(F)F)cc21. The van der Waals surface area contributed by atoms with Crippen molar-refractivity contribution in [2.24, 2.45) is 0 Å². The number of fused-ring (bicyclic) bond motifs is 1. The minimum absolute atomic E-state index is 0.000720. The van der Waals surface area contributed by atoms with Crippen LogP contribution in [0, 0.1) is 0 Å². The number of piperidine rings is 1. The number of halogens is 5. The molecule has 2 aromatic carbocycles. The number of rotatable bonds is 7. The summed E-state index contributed by atoms with van der Waals surface area (Å²) in [5.74, 6) is -0.000720. The second-order valence-electron chi connectivity index (χ2n) is 9.49. The Labute approximate surface area is 228 Å². The molecule has 0 bridgehead atoms. The molecule has 1 aliphatic heterocycles. The molecule has 38 heavy (non-hydrogen) atoms. The van der Waals surface area contributed by atoms with Crippen molar-refractivity contribution in [2.45, 2.75) is 51.9 Å². The van der Waals surface area contributed by atoms with Crippen molar-refractivity contribution in [3.8, 4) is 0 Å². The van der Waals surface area contributed by atoms with Crippen molar-refractivity contribution in [3.63, 3.8) is 0 Å². The average Bonchev–Trinajstić information content (AvgIpc) is 3.15. The molecule has 0 atom stereocenters. The molecule has 0 spiro atoms. The summed E-state index contributed by atoms with van der Waals surface area (Å²) in [7, 11) is 0. The van der Waals surface area contributed by atoms with Crippen molar-refractivity contribution in [1.82, 2.24) is 14.0 Å². The third-order valence-electron chi connectivity index (χ3n) is 6.95. The van der Waals surface area contributed by atoms with E-state index in [2.05, 4.69) is 11.5 Å². The number of likely N-dealkylation sites (tertiary alicyclic amines) is 1. The molecule has 2 heterocycles. The van der Waals surface area contributed by atoms with Gasteiger partial charge in [-0.3, -0.25) is 13.9 Å². The molecule has 1 aliphatic rings. The molecule has 1 fully saturated rings. The number of amides is 1. The van der Waals surface area contributed by atoms with Crippen molar-refractivity contribution in [3.05, 3.63) is 69.1 Å². The van der Waals surface area contributed by atoms with Gasteiger partial charge in [0.1, 0.15) is 0 Å². The predicted molar refractivity (Wildman–Crippen MR) is 146 cm³/mol. The number of anilines is 1. The van der Waals surface area contributed by atoms with E-state index in [1.54, 1.807) is 30.0 Å². The minimum Gasteiger partial charge on any atom is -0.309 e. The number of allylic oxidation sites excluding steroid dienone is 1. The highest BCUT2D eigenvalue weighted by Gasteiger charge is 2.32. The second kappa shape index (κ2) is 11.2. The van der Waals surface area contributed by atoms with E-state index < -0.39 is 17.4 Å². The molecule has 0 radical (unpaired) electrons. The Kier molecular flexibility index (Phi) is 8.30. The van der Waals surface area contributed by atoms with E-state index in [0.717, 1.165) is 25.0 Å². The standard InChI is InChI=1S/C27H29Cl2F3N4O2/c1-4-25(37)36(20-6-7-21(28)22(29)16-20)19-9-11-33(12-10-19)13-14-34-23-8-5-18(27(30,31)32)15-24(23)35(17(2)3)26(34)38/h5-8,15-16,19H,2,4,9-14H2,1,3H3. The first kappa shape index (κ1) is 28.3. The highest BCUT2D eigenvalue weighted by molar-refractivity contribution is 6.42. The first-order chi connectivity index (χ1) is 17.9. The Morgan fingerprint density at radius 3 is 2.32 bits per heavy atom. The van der Waals surface area contributed by atoms with Gasteiger partial charge in [-0.15, -0.1) is 0 Å². The number of hydrogen-bond acceptors (Lipinski definition) is 3. The van der Waals surface area contributed by atoms with Crippen LogP contribution >= 0.6 is 23.2 Å². The number of hydrogen-bond donors (Lipinski definition) is 0. The van der Waals surface area contributed by atoms with E-state index in [1.165, 1.54) is 15.2 Å². The fraction of sp³-hybridized carbons (Fsp3) is 0.407. The monoisotopic (exact) mass is 568 g/mol. The maximum Gasteiger partial charge on any atom is 0.416 e. The third-order valence-corrected chi connectivity index (χ3v) is 7.69. The van der Waals surface area contributed by atoms with Crippen molar-refractivity contribution >= 4 is 51.5 Å². The molecule has 4 rings (SSSR count). The normalized spacial score (nSPS) is 15.2. The predicted octanol–water partition coefficient (Wildman–Crippen LogP) is 6.53. The van der Waals surface area contributed by atoms with Gasteiger partial charge in [-0.2, -0.15) is 13.2 Å². The van der Waals surface area contributed by atoms with Crippen molar-refractivity contribution < 1.29 is 18.0 Å². The van der Waals surface area contributed by atoms with Crippen LogP contribution in [0.2, 0.25) is 10.0 Å². The molecule has 204 valence electrons. The number of nitrogens with zero attached hydrogens (tertiary/aromatic N) is 4.